The van der Waals surface area contributed by atoms with Crippen molar-refractivity contribution in [1.82, 2.24) is 9.97 Å². The highest BCUT2D eigenvalue weighted by Crippen LogP contribution is 2.18. The van der Waals surface area contributed by atoms with Gasteiger partial charge in [-0.15, -0.1) is 0 Å². The summed E-state index contributed by atoms with van der Waals surface area (Å²) in [6.45, 7) is 0. The van der Waals surface area contributed by atoms with Crippen LogP contribution in [0.5, 0.6) is 0 Å². The summed E-state index contributed by atoms with van der Waals surface area (Å²) >= 11 is 3.27. The Hall–Kier alpha value is -1.71. The highest BCUT2D eigenvalue weighted by molar-refractivity contribution is 9.10. The number of nitrogens with two attached hydrogens (primary N) is 1. The Morgan fingerprint density at radius 3 is 2.21 bits per heavy atom. The van der Waals surface area contributed by atoms with Crippen LogP contribution >= 0.6 is 15.9 Å². The molecule has 19 heavy (non-hydrogen) atoms. The molecule has 0 spiro atoms. The minimum Gasteiger partial charge on any atom is -0.292 e. The summed E-state index contributed by atoms with van der Waals surface area (Å²) in [5.41, 5.74) is 2.67. The third-order valence-electron chi connectivity index (χ3n) is 2.16. The quantitative estimate of drug-likeness (QED) is 0.570. The Bertz CT molecular complexity index is 657. The minimum absolute atomic E-state index is 0.0468. The summed E-state index contributed by atoms with van der Waals surface area (Å²) in [6, 6.07) is 6.74. The van der Waals surface area contributed by atoms with E-state index >= 15 is 0 Å². The van der Waals surface area contributed by atoms with Gasteiger partial charge in [-0.3, -0.25) is 10.1 Å². The minimum atomic E-state index is -3.71. The predicted octanol–water partition coefficient (Wildman–Crippen LogP) is 1.33. The lowest BCUT2D eigenvalue weighted by molar-refractivity contribution is 0.600. The van der Waals surface area contributed by atoms with E-state index in [1.807, 2.05) is 0 Å². The molecule has 0 aliphatic carbocycles. The lowest BCUT2D eigenvalue weighted by atomic mass is 10.3. The topological polar surface area (TPSA) is 110 Å². The van der Waals surface area contributed by atoms with E-state index in [-0.39, 0.29) is 10.8 Å². The molecular formula is C10H10BrN5O2S. The van der Waals surface area contributed by atoms with Gasteiger partial charge in [-0.05, 0) is 24.3 Å². The zero-order chi connectivity index (χ0) is 13.9. The van der Waals surface area contributed by atoms with Gasteiger partial charge in [-0.1, -0.05) is 15.9 Å². The van der Waals surface area contributed by atoms with Crippen molar-refractivity contribution >= 4 is 37.6 Å². The molecule has 0 atom stereocenters. The normalized spacial score (nSPS) is 11.1. The molecule has 1 aromatic carbocycles. The third-order valence-corrected chi connectivity index (χ3v) is 4.03. The fourth-order valence-corrected chi connectivity index (χ4v) is 2.47. The summed E-state index contributed by atoms with van der Waals surface area (Å²) < 4.78 is 27.3. The number of nitrogens with one attached hydrogen (secondary N) is 2. The van der Waals surface area contributed by atoms with Crippen molar-refractivity contribution in [3.8, 4) is 0 Å². The highest BCUT2D eigenvalue weighted by atomic mass is 79.9. The second kappa shape index (κ2) is 5.51. The van der Waals surface area contributed by atoms with E-state index in [1.54, 1.807) is 24.3 Å². The van der Waals surface area contributed by atoms with Gasteiger partial charge in [0.25, 0.3) is 10.0 Å². The molecule has 1 heterocycles. The lowest BCUT2D eigenvalue weighted by Crippen LogP contribution is -2.15. The van der Waals surface area contributed by atoms with E-state index in [4.69, 9.17) is 5.84 Å². The summed E-state index contributed by atoms with van der Waals surface area (Å²) in [7, 11) is -3.71. The van der Waals surface area contributed by atoms with Gasteiger partial charge in [0.1, 0.15) is 4.90 Å². The predicted molar refractivity (Wildman–Crippen MR) is 74.8 cm³/mol. The average Bonchev–Trinajstić information content (AvgIpc) is 2.41. The number of rotatable bonds is 4. The fraction of sp³-hybridized carbons (Fsp3) is 0. The van der Waals surface area contributed by atoms with Gasteiger partial charge in [-0.2, -0.15) is 0 Å². The molecule has 0 amide bonds. The molecule has 0 unspecified atom stereocenters. The number of hydrogen-bond acceptors (Lipinski definition) is 6. The zero-order valence-corrected chi connectivity index (χ0v) is 11.9. The Morgan fingerprint density at radius 1 is 1.11 bits per heavy atom. The van der Waals surface area contributed by atoms with E-state index in [0.717, 1.165) is 4.47 Å². The van der Waals surface area contributed by atoms with E-state index in [0.29, 0.717) is 5.69 Å². The standard InChI is InChI=1S/C10H10BrN5O2S/c11-7-1-3-8(4-2-7)16-19(17,18)9-5-13-10(15-12)14-6-9/h1-6,16H,12H2,(H,13,14,15). The first-order valence-corrected chi connectivity index (χ1v) is 7.36. The van der Waals surface area contributed by atoms with E-state index in [9.17, 15) is 8.42 Å². The molecule has 9 heteroatoms. The van der Waals surface area contributed by atoms with Crippen LogP contribution in [-0.2, 0) is 10.0 Å². The van der Waals surface area contributed by atoms with Crippen molar-refractivity contribution in [1.29, 1.82) is 0 Å². The van der Waals surface area contributed by atoms with Gasteiger partial charge in [0, 0.05) is 10.2 Å². The second-order valence-electron chi connectivity index (χ2n) is 3.50. The van der Waals surface area contributed by atoms with Crippen molar-refractivity contribution in [2.75, 3.05) is 10.1 Å². The van der Waals surface area contributed by atoms with Crippen molar-refractivity contribution in [2.45, 2.75) is 4.90 Å². The van der Waals surface area contributed by atoms with Gasteiger partial charge in [0.05, 0.1) is 12.4 Å². The first kappa shape index (κ1) is 13.7. The molecule has 0 bridgehead atoms. The van der Waals surface area contributed by atoms with Gasteiger partial charge in [0.15, 0.2) is 0 Å². The number of hydrazine groups is 1. The summed E-state index contributed by atoms with van der Waals surface area (Å²) in [6.07, 6.45) is 2.34. The molecule has 100 valence electrons. The largest absolute Gasteiger partial charge is 0.292 e. The third kappa shape index (κ3) is 3.40. The Kier molecular flexibility index (Phi) is 3.98. The van der Waals surface area contributed by atoms with Gasteiger partial charge in [0.2, 0.25) is 5.95 Å². The monoisotopic (exact) mass is 343 g/mol. The molecule has 0 fully saturated rings. The number of nitrogen functional groups attached to an aromatic ring is 1. The first-order chi connectivity index (χ1) is 9.01. The Balaban J connectivity index is 2.24. The second-order valence-corrected chi connectivity index (χ2v) is 6.10. The van der Waals surface area contributed by atoms with Crippen molar-refractivity contribution in [2.24, 2.45) is 5.84 Å². The lowest BCUT2D eigenvalue weighted by Gasteiger charge is -2.07. The molecule has 2 rings (SSSR count). The van der Waals surface area contributed by atoms with Crippen LogP contribution in [0.3, 0.4) is 0 Å². The Morgan fingerprint density at radius 2 is 1.68 bits per heavy atom. The van der Waals surface area contributed by atoms with Crippen molar-refractivity contribution in [3.05, 3.63) is 41.1 Å². The smallest absolute Gasteiger partial charge is 0.264 e. The van der Waals surface area contributed by atoms with Crippen molar-refractivity contribution in [3.63, 3.8) is 0 Å². The molecule has 0 aliphatic heterocycles. The fourth-order valence-electron chi connectivity index (χ4n) is 1.26. The molecule has 0 saturated heterocycles. The molecule has 0 radical (unpaired) electrons. The van der Waals surface area contributed by atoms with Crippen LogP contribution in [0.4, 0.5) is 11.6 Å². The van der Waals surface area contributed by atoms with Crippen LogP contribution in [0, 0.1) is 0 Å². The highest BCUT2D eigenvalue weighted by Gasteiger charge is 2.15. The van der Waals surface area contributed by atoms with Gasteiger partial charge >= 0.3 is 0 Å². The summed E-state index contributed by atoms with van der Waals surface area (Å²) in [5.74, 6) is 5.24. The molecular weight excluding hydrogens is 334 g/mol. The molecule has 0 aliphatic rings. The molecule has 2 aromatic rings. The SMILES string of the molecule is NNc1ncc(S(=O)(=O)Nc2ccc(Br)cc2)cn1. The number of sulfonamides is 1. The number of hydrogen-bond donors (Lipinski definition) is 3. The Labute approximate surface area is 118 Å². The maximum atomic E-state index is 12.0. The number of aromatic nitrogens is 2. The van der Waals surface area contributed by atoms with E-state index in [2.05, 4.69) is 36.0 Å². The van der Waals surface area contributed by atoms with Crippen LogP contribution in [0.1, 0.15) is 0 Å². The van der Waals surface area contributed by atoms with E-state index in [1.165, 1.54) is 12.4 Å². The van der Waals surface area contributed by atoms with Crippen LogP contribution < -0.4 is 16.0 Å². The van der Waals surface area contributed by atoms with Crippen LogP contribution in [0.2, 0.25) is 0 Å². The van der Waals surface area contributed by atoms with Gasteiger partial charge in [-0.25, -0.2) is 24.2 Å². The number of anilines is 2. The number of halogens is 1. The van der Waals surface area contributed by atoms with Crippen molar-refractivity contribution < 1.29 is 8.42 Å². The number of nitrogens with zero attached hydrogens (tertiary/aromatic N) is 2. The molecule has 1 aromatic heterocycles. The van der Waals surface area contributed by atoms with Gasteiger partial charge < -0.3 is 0 Å². The molecule has 7 nitrogen and oxygen atoms in total. The maximum Gasteiger partial charge on any atom is 0.264 e. The van der Waals surface area contributed by atoms with Crippen LogP contribution in [0.25, 0.3) is 0 Å². The number of benzene rings is 1. The first-order valence-electron chi connectivity index (χ1n) is 5.08. The summed E-state index contributed by atoms with van der Waals surface area (Å²) in [5, 5.41) is 0. The summed E-state index contributed by atoms with van der Waals surface area (Å²) in [4.78, 5) is 7.44. The van der Waals surface area contributed by atoms with E-state index < -0.39 is 10.0 Å². The molecule has 0 saturated carbocycles. The van der Waals surface area contributed by atoms with Crippen LogP contribution in [0.15, 0.2) is 46.0 Å². The zero-order valence-electron chi connectivity index (χ0n) is 9.54. The van der Waals surface area contributed by atoms with Crippen LogP contribution in [-0.4, -0.2) is 18.4 Å². The maximum absolute atomic E-state index is 12.0. The molecule has 4 N–H and O–H groups in total. The average molecular weight is 344 g/mol.